The van der Waals surface area contributed by atoms with Crippen molar-refractivity contribution >= 4 is 15.9 Å². The first-order valence-electron chi connectivity index (χ1n) is 4.76. The van der Waals surface area contributed by atoms with Crippen molar-refractivity contribution in [2.45, 2.75) is 19.4 Å². The molecular formula is C11H13BrO2. The molecule has 0 aliphatic carbocycles. The van der Waals surface area contributed by atoms with Crippen molar-refractivity contribution in [3.63, 3.8) is 0 Å². The molecule has 0 spiro atoms. The Balaban J connectivity index is 2.08. The standard InChI is InChI=1S/C11H13BrO2/c1-8-6-9(12)2-3-11(8)14-10-4-5-13-7-10/h2-3,6,10H,4-5,7H2,1H3/t10-/m0/s1. The van der Waals surface area contributed by atoms with Crippen LogP contribution < -0.4 is 4.74 Å². The summed E-state index contributed by atoms with van der Waals surface area (Å²) in [5, 5.41) is 0. The molecule has 0 bridgehead atoms. The average Bonchev–Trinajstić information content (AvgIpc) is 2.62. The average molecular weight is 257 g/mol. The number of hydrogen-bond donors (Lipinski definition) is 0. The molecule has 0 saturated carbocycles. The summed E-state index contributed by atoms with van der Waals surface area (Å²) < 4.78 is 12.2. The van der Waals surface area contributed by atoms with E-state index >= 15 is 0 Å². The van der Waals surface area contributed by atoms with Crippen molar-refractivity contribution in [3.05, 3.63) is 28.2 Å². The van der Waals surface area contributed by atoms with Gasteiger partial charge < -0.3 is 9.47 Å². The van der Waals surface area contributed by atoms with Crippen LogP contribution in [0.1, 0.15) is 12.0 Å². The normalized spacial score (nSPS) is 21.1. The Labute approximate surface area is 92.3 Å². The number of aryl methyl sites for hydroxylation is 1. The molecule has 14 heavy (non-hydrogen) atoms. The molecule has 2 nitrogen and oxygen atoms in total. The van der Waals surface area contributed by atoms with Gasteiger partial charge in [-0.15, -0.1) is 0 Å². The minimum Gasteiger partial charge on any atom is -0.488 e. The maximum absolute atomic E-state index is 5.82. The van der Waals surface area contributed by atoms with Gasteiger partial charge >= 0.3 is 0 Å². The highest BCUT2D eigenvalue weighted by atomic mass is 79.9. The van der Waals surface area contributed by atoms with Crippen LogP contribution in [-0.4, -0.2) is 19.3 Å². The zero-order chi connectivity index (χ0) is 9.97. The van der Waals surface area contributed by atoms with Crippen LogP contribution in [0.25, 0.3) is 0 Å². The molecule has 1 aromatic rings. The van der Waals surface area contributed by atoms with E-state index in [0.717, 1.165) is 35.4 Å². The van der Waals surface area contributed by atoms with Crippen molar-refractivity contribution in [1.82, 2.24) is 0 Å². The van der Waals surface area contributed by atoms with Gasteiger partial charge in [-0.2, -0.15) is 0 Å². The van der Waals surface area contributed by atoms with E-state index in [-0.39, 0.29) is 6.10 Å². The van der Waals surface area contributed by atoms with Gasteiger partial charge in [0.25, 0.3) is 0 Å². The van der Waals surface area contributed by atoms with E-state index in [2.05, 4.69) is 28.9 Å². The van der Waals surface area contributed by atoms with E-state index < -0.39 is 0 Å². The molecular weight excluding hydrogens is 244 g/mol. The summed E-state index contributed by atoms with van der Waals surface area (Å²) in [7, 11) is 0. The van der Waals surface area contributed by atoms with Crippen LogP contribution in [0.4, 0.5) is 0 Å². The van der Waals surface area contributed by atoms with Crippen molar-refractivity contribution in [2.24, 2.45) is 0 Å². The third kappa shape index (κ3) is 2.28. The van der Waals surface area contributed by atoms with Gasteiger partial charge in [-0.25, -0.2) is 0 Å². The lowest BCUT2D eigenvalue weighted by Crippen LogP contribution is -2.16. The van der Waals surface area contributed by atoms with Gasteiger partial charge in [0.1, 0.15) is 11.9 Å². The summed E-state index contributed by atoms with van der Waals surface area (Å²) in [6.07, 6.45) is 1.23. The van der Waals surface area contributed by atoms with Gasteiger partial charge in [-0.05, 0) is 30.7 Å². The molecule has 0 unspecified atom stereocenters. The smallest absolute Gasteiger partial charge is 0.124 e. The lowest BCUT2D eigenvalue weighted by molar-refractivity contribution is 0.141. The molecule has 0 amide bonds. The molecule has 0 aromatic heterocycles. The Morgan fingerprint density at radius 1 is 1.50 bits per heavy atom. The highest BCUT2D eigenvalue weighted by Gasteiger charge is 2.17. The van der Waals surface area contributed by atoms with Crippen LogP contribution in [0.15, 0.2) is 22.7 Å². The predicted molar refractivity (Wildman–Crippen MR) is 58.7 cm³/mol. The first kappa shape index (κ1) is 9.99. The first-order valence-corrected chi connectivity index (χ1v) is 5.55. The SMILES string of the molecule is Cc1cc(Br)ccc1O[C@H]1CCOC1. The number of rotatable bonds is 2. The molecule has 1 fully saturated rings. The van der Waals surface area contributed by atoms with E-state index in [1.165, 1.54) is 0 Å². The quantitative estimate of drug-likeness (QED) is 0.811. The molecule has 2 rings (SSSR count). The topological polar surface area (TPSA) is 18.5 Å². The Morgan fingerprint density at radius 3 is 3.00 bits per heavy atom. The van der Waals surface area contributed by atoms with Gasteiger partial charge in [0.15, 0.2) is 0 Å². The molecule has 1 aromatic carbocycles. The van der Waals surface area contributed by atoms with Gasteiger partial charge in [0.05, 0.1) is 13.2 Å². The summed E-state index contributed by atoms with van der Waals surface area (Å²) in [6, 6.07) is 6.06. The van der Waals surface area contributed by atoms with Crippen molar-refractivity contribution < 1.29 is 9.47 Å². The molecule has 1 aliphatic rings. The van der Waals surface area contributed by atoms with Crippen LogP contribution in [-0.2, 0) is 4.74 Å². The van der Waals surface area contributed by atoms with Gasteiger partial charge in [-0.3, -0.25) is 0 Å². The summed E-state index contributed by atoms with van der Waals surface area (Å²) in [6.45, 7) is 3.59. The van der Waals surface area contributed by atoms with E-state index in [1.54, 1.807) is 0 Å². The van der Waals surface area contributed by atoms with Gasteiger partial charge in [0.2, 0.25) is 0 Å². The fourth-order valence-electron chi connectivity index (χ4n) is 1.53. The Kier molecular flexibility index (Phi) is 3.08. The largest absolute Gasteiger partial charge is 0.488 e. The predicted octanol–water partition coefficient (Wildman–Crippen LogP) is 2.93. The monoisotopic (exact) mass is 256 g/mol. The lowest BCUT2D eigenvalue weighted by Gasteiger charge is -2.13. The molecule has 3 heteroatoms. The van der Waals surface area contributed by atoms with Gasteiger partial charge in [-0.1, -0.05) is 15.9 Å². The highest BCUT2D eigenvalue weighted by Crippen LogP contribution is 2.24. The fourth-order valence-corrected chi connectivity index (χ4v) is 2.01. The van der Waals surface area contributed by atoms with Crippen LogP contribution in [0.3, 0.4) is 0 Å². The van der Waals surface area contributed by atoms with E-state index in [0.29, 0.717) is 0 Å². The van der Waals surface area contributed by atoms with Crippen molar-refractivity contribution in [2.75, 3.05) is 13.2 Å². The number of halogens is 1. The second-order valence-corrected chi connectivity index (χ2v) is 4.43. The fraction of sp³-hybridized carbons (Fsp3) is 0.455. The minimum absolute atomic E-state index is 0.231. The molecule has 76 valence electrons. The van der Waals surface area contributed by atoms with Crippen LogP contribution >= 0.6 is 15.9 Å². The molecule has 1 aliphatic heterocycles. The van der Waals surface area contributed by atoms with E-state index in [1.807, 2.05) is 12.1 Å². The van der Waals surface area contributed by atoms with Crippen LogP contribution in [0.5, 0.6) is 5.75 Å². The first-order chi connectivity index (χ1) is 6.75. The summed E-state index contributed by atoms with van der Waals surface area (Å²) in [5.74, 6) is 0.962. The number of ether oxygens (including phenoxy) is 2. The Bertz CT molecular complexity index is 319. The third-order valence-electron chi connectivity index (χ3n) is 2.32. The molecule has 1 saturated heterocycles. The highest BCUT2D eigenvalue weighted by molar-refractivity contribution is 9.10. The number of hydrogen-bond acceptors (Lipinski definition) is 2. The van der Waals surface area contributed by atoms with Crippen molar-refractivity contribution in [3.8, 4) is 5.75 Å². The maximum atomic E-state index is 5.82. The van der Waals surface area contributed by atoms with Crippen LogP contribution in [0, 0.1) is 6.92 Å². The number of benzene rings is 1. The zero-order valence-electron chi connectivity index (χ0n) is 8.13. The Hall–Kier alpha value is -0.540. The second-order valence-electron chi connectivity index (χ2n) is 3.51. The molecule has 0 radical (unpaired) electrons. The Morgan fingerprint density at radius 2 is 2.36 bits per heavy atom. The second kappa shape index (κ2) is 4.32. The zero-order valence-corrected chi connectivity index (χ0v) is 9.71. The van der Waals surface area contributed by atoms with E-state index in [9.17, 15) is 0 Å². The van der Waals surface area contributed by atoms with Crippen LogP contribution in [0.2, 0.25) is 0 Å². The molecule has 0 N–H and O–H groups in total. The van der Waals surface area contributed by atoms with E-state index in [4.69, 9.17) is 9.47 Å². The van der Waals surface area contributed by atoms with Gasteiger partial charge in [0, 0.05) is 10.9 Å². The lowest BCUT2D eigenvalue weighted by atomic mass is 10.2. The molecule has 1 atom stereocenters. The minimum atomic E-state index is 0.231. The molecule has 1 heterocycles. The summed E-state index contributed by atoms with van der Waals surface area (Å²) in [5.41, 5.74) is 1.16. The summed E-state index contributed by atoms with van der Waals surface area (Å²) >= 11 is 3.43. The maximum Gasteiger partial charge on any atom is 0.124 e. The van der Waals surface area contributed by atoms with Crippen molar-refractivity contribution in [1.29, 1.82) is 0 Å². The summed E-state index contributed by atoms with van der Waals surface area (Å²) in [4.78, 5) is 0. The third-order valence-corrected chi connectivity index (χ3v) is 2.81.